The maximum Gasteiger partial charge on any atom is 0.389 e. The number of hydrogen-bond acceptors (Lipinski definition) is 4. The zero-order valence-electron chi connectivity index (χ0n) is 18.9. The zero-order chi connectivity index (χ0) is 24.4. The molecule has 0 fully saturated rings. The average Bonchev–Trinajstić information content (AvgIpc) is 3.26. The normalized spacial score (nSPS) is 11.1. The van der Waals surface area contributed by atoms with Gasteiger partial charge in [0.25, 0.3) is 0 Å². The SMILES string of the molecule is CC.CCc1cnc(-c2cc(-c3ccc(OCCCCCC(F)(F)F)cc3F)[nH]c(=O)c2)s1. The van der Waals surface area contributed by atoms with Crippen molar-refractivity contribution >= 4 is 11.3 Å². The van der Waals surface area contributed by atoms with Gasteiger partial charge in [0, 0.05) is 40.8 Å². The van der Waals surface area contributed by atoms with Crippen LogP contribution in [0.15, 0.2) is 41.3 Å². The van der Waals surface area contributed by atoms with E-state index in [-0.39, 0.29) is 29.9 Å². The topological polar surface area (TPSA) is 55.0 Å². The van der Waals surface area contributed by atoms with Gasteiger partial charge in [0.2, 0.25) is 5.56 Å². The average molecular weight is 485 g/mol. The highest BCUT2D eigenvalue weighted by molar-refractivity contribution is 7.15. The van der Waals surface area contributed by atoms with Crippen molar-refractivity contribution in [1.29, 1.82) is 0 Å². The lowest BCUT2D eigenvalue weighted by Gasteiger charge is -2.10. The standard InChI is InChI=1S/C22H22F4N2O2S.C2H6/c1-2-16-13-27-21(31-16)14-10-19(28-20(29)11-14)17-7-6-15(12-18(17)23)30-9-5-3-4-8-22(24,25)26;1-2/h6-7,10-13H,2-5,8-9H2,1H3,(H,28,29);1-2H3. The molecule has 0 aliphatic heterocycles. The third-order valence-electron chi connectivity index (χ3n) is 4.60. The van der Waals surface area contributed by atoms with E-state index >= 15 is 0 Å². The highest BCUT2D eigenvalue weighted by Gasteiger charge is 2.25. The van der Waals surface area contributed by atoms with Gasteiger partial charge in [0.15, 0.2) is 0 Å². The maximum absolute atomic E-state index is 14.7. The van der Waals surface area contributed by atoms with E-state index in [9.17, 15) is 22.4 Å². The van der Waals surface area contributed by atoms with Gasteiger partial charge in [-0.2, -0.15) is 13.2 Å². The van der Waals surface area contributed by atoms with Gasteiger partial charge in [-0.05, 0) is 43.9 Å². The number of benzene rings is 1. The predicted molar refractivity (Wildman–Crippen MR) is 124 cm³/mol. The molecule has 3 rings (SSSR count). The van der Waals surface area contributed by atoms with Crippen molar-refractivity contribution in [3.8, 4) is 27.6 Å². The van der Waals surface area contributed by atoms with E-state index in [1.807, 2.05) is 20.8 Å². The number of rotatable bonds is 9. The summed E-state index contributed by atoms with van der Waals surface area (Å²) in [7, 11) is 0. The number of aryl methyl sites for hydroxylation is 1. The van der Waals surface area contributed by atoms with Gasteiger partial charge in [0.05, 0.1) is 12.3 Å². The van der Waals surface area contributed by atoms with Gasteiger partial charge in [0.1, 0.15) is 16.6 Å². The van der Waals surface area contributed by atoms with Crippen LogP contribution in [0, 0.1) is 5.82 Å². The Balaban J connectivity index is 0.00000187. The number of halogens is 4. The van der Waals surface area contributed by atoms with Gasteiger partial charge in [-0.1, -0.05) is 20.8 Å². The molecule has 0 atom stereocenters. The molecule has 3 aromatic rings. The molecule has 0 unspecified atom stereocenters. The third kappa shape index (κ3) is 8.31. The molecule has 0 spiro atoms. The number of aromatic nitrogens is 2. The first kappa shape index (κ1) is 26.6. The molecule has 1 N–H and O–H groups in total. The summed E-state index contributed by atoms with van der Waals surface area (Å²) >= 11 is 1.48. The quantitative estimate of drug-likeness (QED) is 0.254. The smallest absolute Gasteiger partial charge is 0.389 e. The number of pyridine rings is 1. The number of aromatic amines is 1. The van der Waals surface area contributed by atoms with Crippen molar-refractivity contribution in [3.05, 3.63) is 57.6 Å². The summed E-state index contributed by atoms with van der Waals surface area (Å²) in [6, 6.07) is 7.38. The molecule has 180 valence electrons. The van der Waals surface area contributed by atoms with Crippen LogP contribution in [0.3, 0.4) is 0 Å². The molecule has 0 saturated heterocycles. The summed E-state index contributed by atoms with van der Waals surface area (Å²) in [6.45, 7) is 6.22. The Bertz CT molecular complexity index is 1080. The zero-order valence-corrected chi connectivity index (χ0v) is 19.7. The highest BCUT2D eigenvalue weighted by atomic mass is 32.1. The van der Waals surface area contributed by atoms with Crippen LogP contribution in [0.25, 0.3) is 21.8 Å². The van der Waals surface area contributed by atoms with Gasteiger partial charge >= 0.3 is 6.18 Å². The van der Waals surface area contributed by atoms with E-state index in [2.05, 4.69) is 9.97 Å². The second kappa shape index (κ2) is 12.5. The number of unbranched alkanes of at least 4 members (excludes halogenated alkanes) is 2. The summed E-state index contributed by atoms with van der Waals surface area (Å²) in [5.74, 6) is -0.293. The van der Waals surface area contributed by atoms with Crippen molar-refractivity contribution in [2.45, 2.75) is 59.1 Å². The Morgan fingerprint density at radius 2 is 1.85 bits per heavy atom. The Kier molecular flexibility index (Phi) is 10.1. The first-order valence-electron chi connectivity index (χ1n) is 10.9. The summed E-state index contributed by atoms with van der Waals surface area (Å²) < 4.78 is 56.5. The van der Waals surface area contributed by atoms with Crippen molar-refractivity contribution < 1.29 is 22.3 Å². The molecule has 9 heteroatoms. The molecule has 1 aromatic carbocycles. The Morgan fingerprint density at radius 3 is 2.48 bits per heavy atom. The number of alkyl halides is 3. The van der Waals surface area contributed by atoms with Gasteiger partial charge < -0.3 is 9.72 Å². The fourth-order valence-corrected chi connectivity index (χ4v) is 3.85. The van der Waals surface area contributed by atoms with Crippen molar-refractivity contribution in [3.63, 3.8) is 0 Å². The summed E-state index contributed by atoms with van der Waals surface area (Å²) in [5.41, 5.74) is 0.789. The predicted octanol–water partition coefficient (Wildman–Crippen LogP) is 7.39. The van der Waals surface area contributed by atoms with Crippen molar-refractivity contribution in [2.75, 3.05) is 6.61 Å². The fraction of sp³-hybridized carbons (Fsp3) is 0.417. The summed E-state index contributed by atoms with van der Waals surface area (Å²) in [4.78, 5) is 20.2. The number of ether oxygens (including phenoxy) is 1. The van der Waals surface area contributed by atoms with Gasteiger partial charge in [-0.25, -0.2) is 9.37 Å². The molecule has 0 saturated carbocycles. The lowest BCUT2D eigenvalue weighted by molar-refractivity contribution is -0.135. The van der Waals surface area contributed by atoms with Crippen LogP contribution in [0.1, 0.15) is 51.3 Å². The minimum absolute atomic E-state index is 0.0444. The molecule has 33 heavy (non-hydrogen) atoms. The maximum atomic E-state index is 14.7. The first-order valence-corrected chi connectivity index (χ1v) is 11.8. The first-order chi connectivity index (χ1) is 15.7. The molecule has 0 radical (unpaired) electrons. The lowest BCUT2D eigenvalue weighted by atomic mass is 10.1. The van der Waals surface area contributed by atoms with Gasteiger partial charge in [-0.15, -0.1) is 11.3 Å². The molecule has 0 bridgehead atoms. The second-order valence-corrected chi connectivity index (χ2v) is 8.16. The van der Waals surface area contributed by atoms with Crippen LogP contribution in [-0.4, -0.2) is 22.8 Å². The molecule has 0 amide bonds. The van der Waals surface area contributed by atoms with Crippen LogP contribution in [0.2, 0.25) is 0 Å². The summed E-state index contributed by atoms with van der Waals surface area (Å²) in [5, 5.41) is 0.690. The highest BCUT2D eigenvalue weighted by Crippen LogP contribution is 2.30. The van der Waals surface area contributed by atoms with E-state index in [1.165, 1.54) is 29.5 Å². The van der Waals surface area contributed by atoms with Crippen LogP contribution in [-0.2, 0) is 6.42 Å². The monoisotopic (exact) mass is 484 g/mol. The van der Waals surface area contributed by atoms with E-state index in [0.717, 1.165) is 11.3 Å². The molecule has 0 aliphatic rings. The molecular formula is C24H28F4N2O2S. The Hall–Kier alpha value is -2.68. The Labute approximate surface area is 194 Å². The lowest BCUT2D eigenvalue weighted by Crippen LogP contribution is -2.07. The molecule has 0 aliphatic carbocycles. The van der Waals surface area contributed by atoms with Crippen LogP contribution in [0.4, 0.5) is 17.6 Å². The van der Waals surface area contributed by atoms with Crippen molar-refractivity contribution in [1.82, 2.24) is 9.97 Å². The number of nitrogens with one attached hydrogen (secondary N) is 1. The number of H-pyrrole nitrogens is 1. The minimum Gasteiger partial charge on any atom is -0.493 e. The van der Waals surface area contributed by atoms with E-state index in [1.54, 1.807) is 18.3 Å². The third-order valence-corrected chi connectivity index (χ3v) is 5.79. The van der Waals surface area contributed by atoms with Crippen LogP contribution >= 0.6 is 11.3 Å². The molecular weight excluding hydrogens is 456 g/mol. The molecule has 2 heterocycles. The van der Waals surface area contributed by atoms with Crippen molar-refractivity contribution in [2.24, 2.45) is 0 Å². The Morgan fingerprint density at radius 1 is 1.09 bits per heavy atom. The number of hydrogen-bond donors (Lipinski definition) is 1. The van der Waals surface area contributed by atoms with E-state index in [4.69, 9.17) is 4.74 Å². The fourth-order valence-electron chi connectivity index (χ4n) is 3.01. The number of nitrogens with zero attached hydrogens (tertiary/aromatic N) is 1. The van der Waals surface area contributed by atoms with E-state index in [0.29, 0.717) is 29.1 Å². The second-order valence-electron chi connectivity index (χ2n) is 7.05. The van der Waals surface area contributed by atoms with Gasteiger partial charge in [-0.3, -0.25) is 4.79 Å². The van der Waals surface area contributed by atoms with E-state index < -0.39 is 18.4 Å². The molecule has 4 nitrogen and oxygen atoms in total. The van der Waals surface area contributed by atoms with Crippen LogP contribution < -0.4 is 10.3 Å². The minimum atomic E-state index is -4.14. The van der Waals surface area contributed by atoms with Crippen LogP contribution in [0.5, 0.6) is 5.75 Å². The summed E-state index contributed by atoms with van der Waals surface area (Å²) in [6.07, 6.45) is -1.48. The largest absolute Gasteiger partial charge is 0.493 e. The molecule has 2 aromatic heterocycles. The number of thiazole rings is 1.